The number of rotatable bonds is 6. The molecular formula is C20H17ClFN3O2. The summed E-state index contributed by atoms with van der Waals surface area (Å²) in [6.45, 7) is 0.494. The number of hydrogen-bond donors (Lipinski definition) is 2. The molecule has 0 fully saturated rings. The predicted molar refractivity (Wildman–Crippen MR) is 104 cm³/mol. The molecule has 0 saturated carbocycles. The monoisotopic (exact) mass is 385 g/mol. The van der Waals surface area contributed by atoms with E-state index >= 15 is 0 Å². The van der Waals surface area contributed by atoms with E-state index in [1.165, 1.54) is 25.4 Å². The highest BCUT2D eigenvalue weighted by atomic mass is 35.5. The van der Waals surface area contributed by atoms with Crippen LogP contribution in [0.25, 0.3) is 0 Å². The van der Waals surface area contributed by atoms with Gasteiger partial charge in [0.15, 0.2) is 0 Å². The number of ether oxygens (including phenoxy) is 1. The molecule has 0 aliphatic heterocycles. The lowest BCUT2D eigenvalue weighted by molar-refractivity contribution is 0.102. The summed E-state index contributed by atoms with van der Waals surface area (Å²) < 4.78 is 18.2. The molecule has 7 heteroatoms. The molecule has 1 heterocycles. The number of nitrogens with zero attached hydrogens (tertiary/aromatic N) is 1. The molecule has 1 aromatic heterocycles. The first-order valence-corrected chi connectivity index (χ1v) is 8.52. The standard InChI is InChI=1S/C20H17ClFN3O2/c1-27-19-7-4-14(21)10-17(19)25-20(26)18-11-16(8-9-23-18)24-12-13-2-5-15(22)6-3-13/h2-11H,12H2,1H3,(H,23,24)(H,25,26). The fraction of sp³-hybridized carbons (Fsp3) is 0.100. The van der Waals surface area contributed by atoms with Crippen LogP contribution < -0.4 is 15.4 Å². The fourth-order valence-electron chi connectivity index (χ4n) is 2.44. The van der Waals surface area contributed by atoms with Gasteiger partial charge < -0.3 is 15.4 Å². The number of benzene rings is 2. The van der Waals surface area contributed by atoms with Crippen LogP contribution in [-0.2, 0) is 6.54 Å². The van der Waals surface area contributed by atoms with Gasteiger partial charge in [0.2, 0.25) is 0 Å². The maximum absolute atomic E-state index is 13.0. The number of anilines is 2. The Morgan fingerprint density at radius 1 is 1.15 bits per heavy atom. The molecule has 0 aliphatic rings. The van der Waals surface area contributed by atoms with Gasteiger partial charge in [0.25, 0.3) is 5.91 Å². The number of carbonyl (C=O) groups is 1. The van der Waals surface area contributed by atoms with Gasteiger partial charge in [-0.05, 0) is 48.0 Å². The van der Waals surface area contributed by atoms with Gasteiger partial charge in [0.05, 0.1) is 12.8 Å². The van der Waals surface area contributed by atoms with Gasteiger partial charge in [0, 0.05) is 23.5 Å². The van der Waals surface area contributed by atoms with Gasteiger partial charge in [-0.25, -0.2) is 4.39 Å². The molecule has 0 atom stereocenters. The molecule has 0 saturated heterocycles. The van der Waals surface area contributed by atoms with E-state index in [0.717, 1.165) is 11.3 Å². The van der Waals surface area contributed by atoms with Crippen molar-refractivity contribution in [3.8, 4) is 5.75 Å². The topological polar surface area (TPSA) is 63.2 Å². The van der Waals surface area contributed by atoms with Crippen LogP contribution in [0, 0.1) is 5.82 Å². The molecule has 3 rings (SSSR count). The molecule has 27 heavy (non-hydrogen) atoms. The predicted octanol–water partition coefficient (Wildman–Crippen LogP) is 4.75. The number of nitrogens with one attached hydrogen (secondary N) is 2. The summed E-state index contributed by atoms with van der Waals surface area (Å²) in [6, 6.07) is 14.5. The van der Waals surface area contributed by atoms with Crippen molar-refractivity contribution in [2.75, 3.05) is 17.7 Å². The lowest BCUT2D eigenvalue weighted by Gasteiger charge is -2.11. The zero-order valence-electron chi connectivity index (χ0n) is 14.5. The summed E-state index contributed by atoms with van der Waals surface area (Å²) in [7, 11) is 1.51. The first-order chi connectivity index (χ1) is 13.0. The number of halogens is 2. The third kappa shape index (κ3) is 4.95. The Morgan fingerprint density at radius 3 is 2.67 bits per heavy atom. The fourth-order valence-corrected chi connectivity index (χ4v) is 2.61. The Labute approximate surface area is 161 Å². The van der Waals surface area contributed by atoms with Gasteiger partial charge >= 0.3 is 0 Å². The second-order valence-electron chi connectivity index (χ2n) is 5.71. The third-order valence-corrected chi connectivity index (χ3v) is 4.05. The van der Waals surface area contributed by atoms with Crippen LogP contribution in [0.5, 0.6) is 5.75 Å². The minimum atomic E-state index is -0.388. The summed E-state index contributed by atoms with van der Waals surface area (Å²) in [5.41, 5.74) is 2.34. The minimum Gasteiger partial charge on any atom is -0.495 e. The SMILES string of the molecule is COc1ccc(Cl)cc1NC(=O)c1cc(NCc2ccc(F)cc2)ccn1. The van der Waals surface area contributed by atoms with Gasteiger partial charge in [-0.1, -0.05) is 23.7 Å². The molecule has 0 unspecified atom stereocenters. The Kier molecular flexibility index (Phi) is 5.88. The van der Waals surface area contributed by atoms with Crippen LogP contribution in [0.2, 0.25) is 5.02 Å². The average Bonchev–Trinajstić information content (AvgIpc) is 2.68. The Morgan fingerprint density at radius 2 is 1.93 bits per heavy atom. The van der Waals surface area contributed by atoms with Gasteiger partial charge in [0.1, 0.15) is 17.3 Å². The van der Waals surface area contributed by atoms with Crippen LogP contribution in [0.4, 0.5) is 15.8 Å². The van der Waals surface area contributed by atoms with E-state index in [1.54, 1.807) is 42.5 Å². The Bertz CT molecular complexity index is 948. The Balaban J connectivity index is 1.70. The number of pyridine rings is 1. The van der Waals surface area contributed by atoms with Gasteiger partial charge in [-0.15, -0.1) is 0 Å². The second kappa shape index (κ2) is 8.51. The molecular weight excluding hydrogens is 369 g/mol. The van der Waals surface area contributed by atoms with Crippen molar-refractivity contribution in [2.45, 2.75) is 6.54 Å². The van der Waals surface area contributed by atoms with Crippen LogP contribution in [-0.4, -0.2) is 18.0 Å². The smallest absolute Gasteiger partial charge is 0.274 e. The average molecular weight is 386 g/mol. The second-order valence-corrected chi connectivity index (χ2v) is 6.14. The molecule has 3 aromatic rings. The first kappa shape index (κ1) is 18.7. The van der Waals surface area contributed by atoms with E-state index in [4.69, 9.17) is 16.3 Å². The highest BCUT2D eigenvalue weighted by Gasteiger charge is 2.12. The number of methoxy groups -OCH3 is 1. The van der Waals surface area contributed by atoms with Crippen molar-refractivity contribution >= 4 is 28.9 Å². The maximum atomic E-state index is 13.0. The lowest BCUT2D eigenvalue weighted by atomic mass is 10.2. The van der Waals surface area contributed by atoms with Crippen molar-refractivity contribution in [3.63, 3.8) is 0 Å². The zero-order valence-corrected chi connectivity index (χ0v) is 15.3. The molecule has 0 spiro atoms. The third-order valence-electron chi connectivity index (χ3n) is 3.81. The van der Waals surface area contributed by atoms with Crippen molar-refractivity contribution in [3.05, 3.63) is 82.9 Å². The molecule has 2 aromatic carbocycles. The summed E-state index contributed by atoms with van der Waals surface area (Å²) in [5.74, 6) is -0.169. The lowest BCUT2D eigenvalue weighted by Crippen LogP contribution is -2.14. The van der Waals surface area contributed by atoms with Crippen molar-refractivity contribution < 1.29 is 13.9 Å². The maximum Gasteiger partial charge on any atom is 0.274 e. The minimum absolute atomic E-state index is 0.237. The van der Waals surface area contributed by atoms with E-state index < -0.39 is 0 Å². The highest BCUT2D eigenvalue weighted by Crippen LogP contribution is 2.28. The van der Waals surface area contributed by atoms with Crippen LogP contribution in [0.3, 0.4) is 0 Å². The van der Waals surface area contributed by atoms with E-state index in [1.807, 2.05) is 0 Å². The van der Waals surface area contributed by atoms with E-state index in [-0.39, 0.29) is 17.4 Å². The summed E-state index contributed by atoms with van der Waals surface area (Å²) in [4.78, 5) is 16.6. The summed E-state index contributed by atoms with van der Waals surface area (Å²) in [6.07, 6.45) is 1.54. The number of amides is 1. The van der Waals surface area contributed by atoms with E-state index in [9.17, 15) is 9.18 Å². The normalized spacial score (nSPS) is 10.3. The van der Waals surface area contributed by atoms with E-state index in [2.05, 4.69) is 15.6 Å². The zero-order chi connectivity index (χ0) is 19.2. The molecule has 0 bridgehead atoms. The summed E-state index contributed by atoms with van der Waals surface area (Å²) >= 11 is 5.98. The molecule has 2 N–H and O–H groups in total. The number of aromatic nitrogens is 1. The van der Waals surface area contributed by atoms with Crippen molar-refractivity contribution in [1.29, 1.82) is 0 Å². The van der Waals surface area contributed by atoms with Crippen LogP contribution >= 0.6 is 11.6 Å². The largest absolute Gasteiger partial charge is 0.495 e. The van der Waals surface area contributed by atoms with Crippen molar-refractivity contribution in [2.24, 2.45) is 0 Å². The van der Waals surface area contributed by atoms with E-state index in [0.29, 0.717) is 23.0 Å². The van der Waals surface area contributed by atoms with Crippen LogP contribution in [0.15, 0.2) is 60.8 Å². The number of carbonyl (C=O) groups excluding carboxylic acids is 1. The first-order valence-electron chi connectivity index (χ1n) is 8.14. The highest BCUT2D eigenvalue weighted by molar-refractivity contribution is 6.31. The number of hydrogen-bond acceptors (Lipinski definition) is 4. The molecule has 138 valence electrons. The Hall–Kier alpha value is -3.12. The molecule has 5 nitrogen and oxygen atoms in total. The quantitative estimate of drug-likeness (QED) is 0.643. The molecule has 0 aliphatic carbocycles. The van der Waals surface area contributed by atoms with Crippen LogP contribution in [0.1, 0.15) is 16.1 Å². The summed E-state index contributed by atoms with van der Waals surface area (Å²) in [5, 5.41) is 6.41. The van der Waals surface area contributed by atoms with Gasteiger partial charge in [-0.3, -0.25) is 9.78 Å². The molecule has 1 amide bonds. The molecule has 0 radical (unpaired) electrons. The van der Waals surface area contributed by atoms with Crippen molar-refractivity contribution in [1.82, 2.24) is 4.98 Å². The van der Waals surface area contributed by atoms with Gasteiger partial charge in [-0.2, -0.15) is 0 Å².